The third kappa shape index (κ3) is 2.66. The molecule has 1 atom stereocenters. The van der Waals surface area contributed by atoms with Gasteiger partial charge in [-0.1, -0.05) is 47.5 Å². The molecule has 108 valence electrons. The first-order valence-corrected chi connectivity index (χ1v) is 7.06. The molecule has 7 heteroatoms. The molecular formula is C14H11Cl2N3O2. The summed E-state index contributed by atoms with van der Waals surface area (Å²) in [5.74, 6) is -1.48. The van der Waals surface area contributed by atoms with Crippen molar-refractivity contribution >= 4 is 34.9 Å². The Balaban J connectivity index is 2.04. The second-order valence-corrected chi connectivity index (χ2v) is 5.56. The van der Waals surface area contributed by atoms with E-state index < -0.39 is 11.9 Å². The lowest BCUT2D eigenvalue weighted by atomic mass is 9.89. The van der Waals surface area contributed by atoms with Crippen molar-refractivity contribution in [1.82, 2.24) is 10.2 Å². The average Bonchev–Trinajstić information content (AvgIpc) is 2.48. The molecule has 1 aromatic carbocycles. The van der Waals surface area contributed by atoms with Crippen LogP contribution in [0.5, 0.6) is 0 Å². The van der Waals surface area contributed by atoms with Gasteiger partial charge < -0.3 is 10.0 Å². The number of hydrogen-bond donors (Lipinski definition) is 1. The first-order chi connectivity index (χ1) is 10.1. The Labute approximate surface area is 131 Å². The zero-order valence-electron chi connectivity index (χ0n) is 10.8. The minimum absolute atomic E-state index is 0.211. The number of nitrogens with zero attached hydrogens (tertiary/aromatic N) is 3. The van der Waals surface area contributed by atoms with Gasteiger partial charge in [-0.15, -0.1) is 10.2 Å². The molecule has 0 bridgehead atoms. The topological polar surface area (TPSA) is 66.3 Å². The highest BCUT2D eigenvalue weighted by molar-refractivity contribution is 6.33. The van der Waals surface area contributed by atoms with Crippen molar-refractivity contribution in [3.05, 3.63) is 51.8 Å². The van der Waals surface area contributed by atoms with Gasteiger partial charge in [0.2, 0.25) is 0 Å². The van der Waals surface area contributed by atoms with Gasteiger partial charge in [0.25, 0.3) is 0 Å². The van der Waals surface area contributed by atoms with Crippen molar-refractivity contribution in [3.63, 3.8) is 0 Å². The molecule has 0 spiro atoms. The first kappa shape index (κ1) is 14.1. The van der Waals surface area contributed by atoms with Crippen LogP contribution in [0.2, 0.25) is 10.3 Å². The number of aromatic nitrogens is 2. The summed E-state index contributed by atoms with van der Waals surface area (Å²) in [5.41, 5.74) is 2.39. The Hall–Kier alpha value is -1.85. The van der Waals surface area contributed by atoms with Gasteiger partial charge in [-0.05, 0) is 11.1 Å². The van der Waals surface area contributed by atoms with E-state index in [9.17, 15) is 9.90 Å². The molecule has 0 saturated carbocycles. The summed E-state index contributed by atoms with van der Waals surface area (Å²) in [6.45, 7) is 0.871. The molecule has 5 nitrogen and oxygen atoms in total. The van der Waals surface area contributed by atoms with E-state index >= 15 is 0 Å². The van der Waals surface area contributed by atoms with Gasteiger partial charge in [-0.25, -0.2) is 0 Å². The summed E-state index contributed by atoms with van der Waals surface area (Å²) in [6.07, 6.45) is 0. The second-order valence-electron chi connectivity index (χ2n) is 4.81. The highest BCUT2D eigenvalue weighted by atomic mass is 35.5. The summed E-state index contributed by atoms with van der Waals surface area (Å²) in [6, 6.07) is 9.11. The number of rotatable bonds is 2. The summed E-state index contributed by atoms with van der Waals surface area (Å²) in [7, 11) is 0. The van der Waals surface area contributed by atoms with Gasteiger partial charge in [0, 0.05) is 19.2 Å². The van der Waals surface area contributed by atoms with Gasteiger partial charge in [0.05, 0.1) is 11.6 Å². The standard InChI is InChI=1S/C14H11Cl2N3O2/c15-12-5-11(13(16)18-17-12)19-6-8-3-1-2-4-9(8)10(7-19)14(20)21/h1-5,10H,6-7H2,(H,20,21). The predicted octanol–water partition coefficient (Wildman–Crippen LogP) is 2.97. The number of fused-ring (bicyclic) bond motifs is 1. The van der Waals surface area contributed by atoms with Crippen molar-refractivity contribution in [2.75, 3.05) is 11.4 Å². The third-order valence-corrected chi connectivity index (χ3v) is 3.99. The molecule has 0 fully saturated rings. The highest BCUT2D eigenvalue weighted by Crippen LogP contribution is 2.34. The minimum Gasteiger partial charge on any atom is -0.481 e. The van der Waals surface area contributed by atoms with Crippen molar-refractivity contribution < 1.29 is 9.90 Å². The molecule has 1 aliphatic heterocycles. The van der Waals surface area contributed by atoms with E-state index in [0.29, 0.717) is 18.8 Å². The molecule has 0 saturated heterocycles. The van der Waals surface area contributed by atoms with E-state index in [1.54, 1.807) is 6.07 Å². The zero-order chi connectivity index (χ0) is 15.0. The molecule has 1 unspecified atom stereocenters. The van der Waals surface area contributed by atoms with Gasteiger partial charge in [-0.3, -0.25) is 4.79 Å². The van der Waals surface area contributed by atoms with E-state index in [2.05, 4.69) is 10.2 Å². The van der Waals surface area contributed by atoms with Gasteiger partial charge in [-0.2, -0.15) is 0 Å². The normalized spacial score (nSPS) is 17.4. The van der Waals surface area contributed by atoms with Crippen LogP contribution in [0.1, 0.15) is 17.0 Å². The van der Waals surface area contributed by atoms with Crippen molar-refractivity contribution in [2.24, 2.45) is 0 Å². The number of carboxylic acid groups (broad SMARTS) is 1. The molecular weight excluding hydrogens is 313 g/mol. The number of anilines is 1. The molecule has 1 N–H and O–H groups in total. The Kier molecular flexibility index (Phi) is 3.69. The Morgan fingerprint density at radius 2 is 2.05 bits per heavy atom. The lowest BCUT2D eigenvalue weighted by Crippen LogP contribution is -2.37. The number of aliphatic carboxylic acids is 1. The molecule has 2 heterocycles. The fraction of sp³-hybridized carbons (Fsp3) is 0.214. The van der Waals surface area contributed by atoms with Crippen molar-refractivity contribution in [3.8, 4) is 0 Å². The quantitative estimate of drug-likeness (QED) is 0.920. The van der Waals surface area contributed by atoms with Crippen LogP contribution < -0.4 is 4.90 Å². The maximum absolute atomic E-state index is 11.5. The molecule has 0 amide bonds. The van der Waals surface area contributed by atoms with Crippen LogP contribution in [0.15, 0.2) is 30.3 Å². The van der Waals surface area contributed by atoms with E-state index in [4.69, 9.17) is 23.2 Å². The average molecular weight is 324 g/mol. The van der Waals surface area contributed by atoms with E-state index in [1.165, 1.54) is 0 Å². The van der Waals surface area contributed by atoms with E-state index in [0.717, 1.165) is 11.1 Å². The van der Waals surface area contributed by atoms with Crippen LogP contribution in [0.25, 0.3) is 0 Å². The van der Waals surface area contributed by atoms with E-state index in [1.807, 2.05) is 29.2 Å². The minimum atomic E-state index is -0.864. The SMILES string of the molecule is O=C(O)C1CN(c2cc(Cl)nnc2Cl)Cc2ccccc21. The summed E-state index contributed by atoms with van der Waals surface area (Å²) >= 11 is 11.9. The second kappa shape index (κ2) is 5.50. The maximum Gasteiger partial charge on any atom is 0.312 e. The van der Waals surface area contributed by atoms with Crippen LogP contribution in [-0.2, 0) is 11.3 Å². The van der Waals surface area contributed by atoms with Crippen LogP contribution in [0.4, 0.5) is 5.69 Å². The lowest BCUT2D eigenvalue weighted by molar-refractivity contribution is -0.138. The highest BCUT2D eigenvalue weighted by Gasteiger charge is 2.31. The van der Waals surface area contributed by atoms with Crippen LogP contribution in [-0.4, -0.2) is 27.8 Å². The Morgan fingerprint density at radius 1 is 1.29 bits per heavy atom. The molecule has 0 aliphatic carbocycles. The van der Waals surface area contributed by atoms with Crippen LogP contribution >= 0.6 is 23.2 Å². The fourth-order valence-electron chi connectivity index (χ4n) is 2.57. The smallest absolute Gasteiger partial charge is 0.312 e. The summed E-state index contributed by atoms with van der Waals surface area (Å²) in [5, 5.41) is 17.3. The number of carboxylic acids is 1. The maximum atomic E-state index is 11.5. The number of hydrogen-bond acceptors (Lipinski definition) is 4. The molecule has 21 heavy (non-hydrogen) atoms. The first-order valence-electron chi connectivity index (χ1n) is 6.30. The van der Waals surface area contributed by atoms with E-state index in [-0.39, 0.29) is 10.3 Å². The van der Waals surface area contributed by atoms with Crippen LogP contribution in [0.3, 0.4) is 0 Å². The van der Waals surface area contributed by atoms with Crippen molar-refractivity contribution in [2.45, 2.75) is 12.5 Å². The molecule has 1 aliphatic rings. The van der Waals surface area contributed by atoms with Crippen molar-refractivity contribution in [1.29, 1.82) is 0 Å². The Bertz CT molecular complexity index is 708. The monoisotopic (exact) mass is 323 g/mol. The van der Waals surface area contributed by atoms with Gasteiger partial charge >= 0.3 is 5.97 Å². The third-order valence-electron chi connectivity index (χ3n) is 3.53. The van der Waals surface area contributed by atoms with Gasteiger partial charge in [0.15, 0.2) is 10.3 Å². The van der Waals surface area contributed by atoms with Gasteiger partial charge in [0.1, 0.15) is 0 Å². The molecule has 3 rings (SSSR count). The fourth-order valence-corrected chi connectivity index (χ4v) is 2.92. The summed E-state index contributed by atoms with van der Waals surface area (Å²) in [4.78, 5) is 13.4. The number of carbonyl (C=O) groups is 1. The number of halogens is 2. The van der Waals surface area contributed by atoms with Crippen LogP contribution in [0, 0.1) is 0 Å². The zero-order valence-corrected chi connectivity index (χ0v) is 12.3. The molecule has 2 aromatic rings. The molecule has 1 aromatic heterocycles. The summed E-state index contributed by atoms with van der Waals surface area (Å²) < 4.78 is 0. The molecule has 0 radical (unpaired) electrons. The lowest BCUT2D eigenvalue weighted by Gasteiger charge is -2.34. The Morgan fingerprint density at radius 3 is 2.81 bits per heavy atom. The predicted molar refractivity (Wildman–Crippen MR) is 79.9 cm³/mol. The number of benzene rings is 1. The largest absolute Gasteiger partial charge is 0.481 e.